The lowest BCUT2D eigenvalue weighted by Gasteiger charge is -2.11. The van der Waals surface area contributed by atoms with Gasteiger partial charge in [0.1, 0.15) is 0 Å². The molecule has 1 heterocycles. The maximum absolute atomic E-state index is 5.24. The van der Waals surface area contributed by atoms with Crippen LogP contribution in [-0.4, -0.2) is 24.8 Å². The molecule has 0 aromatic heterocycles. The van der Waals surface area contributed by atoms with E-state index in [9.17, 15) is 0 Å². The molecule has 0 aliphatic carbocycles. The molecule has 0 unspecified atom stereocenters. The van der Waals surface area contributed by atoms with Gasteiger partial charge in [0.15, 0.2) is 0 Å². The highest BCUT2D eigenvalue weighted by molar-refractivity contribution is 5.85. The van der Waals surface area contributed by atoms with Crippen molar-refractivity contribution in [2.24, 2.45) is 0 Å². The molecule has 3 heteroatoms. The molecule has 0 aromatic carbocycles. The van der Waals surface area contributed by atoms with Crippen LogP contribution in [0.3, 0.4) is 0 Å². The Morgan fingerprint density at radius 1 is 1.33 bits per heavy atom. The van der Waals surface area contributed by atoms with Crippen molar-refractivity contribution in [1.29, 1.82) is 0 Å². The molecule has 0 N–H and O–H groups in total. The van der Waals surface area contributed by atoms with E-state index in [-0.39, 0.29) is 12.4 Å². The predicted octanol–water partition coefficient (Wildman–Crippen LogP) is 1.46. The minimum absolute atomic E-state index is 0. The van der Waals surface area contributed by atoms with Crippen LogP contribution in [0.4, 0.5) is 0 Å². The molecule has 0 spiro atoms. The summed E-state index contributed by atoms with van der Waals surface area (Å²) in [5, 5.41) is 2.04. The van der Waals surface area contributed by atoms with E-state index in [0.29, 0.717) is 0 Å². The molecular weight excluding hydrogens is 138 g/mol. The summed E-state index contributed by atoms with van der Waals surface area (Å²) >= 11 is 0. The number of hydrogen-bond donors (Lipinski definition) is 0. The Balaban J connectivity index is 0.000000640. The molecule has 1 fully saturated rings. The van der Waals surface area contributed by atoms with Crippen LogP contribution in [0.5, 0.6) is 0 Å². The zero-order valence-electron chi connectivity index (χ0n) is 5.80. The first kappa shape index (κ1) is 9.21. The fraction of sp³-hybridized carbons (Fsp3) is 1.00. The Labute approximate surface area is 62.5 Å². The first-order valence-corrected chi connectivity index (χ1v) is 3.31. The van der Waals surface area contributed by atoms with Crippen molar-refractivity contribution in [3.63, 3.8) is 0 Å². The second kappa shape index (κ2) is 5.03. The van der Waals surface area contributed by atoms with Gasteiger partial charge in [0.25, 0.3) is 0 Å². The lowest BCUT2D eigenvalue weighted by molar-refractivity contribution is -0.137. The summed E-state index contributed by atoms with van der Waals surface area (Å²) in [7, 11) is 0. The third-order valence-electron chi connectivity index (χ3n) is 1.38. The van der Waals surface area contributed by atoms with Crippen molar-refractivity contribution < 1.29 is 4.84 Å². The van der Waals surface area contributed by atoms with Gasteiger partial charge in [-0.25, -0.2) is 0 Å². The minimum atomic E-state index is 0. The van der Waals surface area contributed by atoms with E-state index in [0.717, 1.165) is 19.7 Å². The van der Waals surface area contributed by atoms with Gasteiger partial charge in [0.2, 0.25) is 0 Å². The topological polar surface area (TPSA) is 12.5 Å². The maximum Gasteiger partial charge on any atom is 0.0656 e. The van der Waals surface area contributed by atoms with Crippen LogP contribution in [-0.2, 0) is 4.84 Å². The highest BCUT2D eigenvalue weighted by Gasteiger charge is 2.09. The van der Waals surface area contributed by atoms with Crippen molar-refractivity contribution in [3.8, 4) is 0 Å². The largest absolute Gasteiger partial charge is 0.299 e. The van der Waals surface area contributed by atoms with Crippen molar-refractivity contribution in [2.75, 3.05) is 19.7 Å². The van der Waals surface area contributed by atoms with Crippen LogP contribution in [0.25, 0.3) is 0 Å². The molecule has 0 saturated carbocycles. The van der Waals surface area contributed by atoms with E-state index in [1.165, 1.54) is 12.8 Å². The van der Waals surface area contributed by atoms with Gasteiger partial charge in [0, 0.05) is 13.1 Å². The average molecular weight is 152 g/mol. The quantitative estimate of drug-likeness (QED) is 0.593. The van der Waals surface area contributed by atoms with E-state index in [1.807, 2.05) is 12.0 Å². The molecule has 56 valence electrons. The number of halogens is 1. The van der Waals surface area contributed by atoms with Crippen molar-refractivity contribution in [1.82, 2.24) is 5.06 Å². The molecule has 0 radical (unpaired) electrons. The van der Waals surface area contributed by atoms with E-state index in [2.05, 4.69) is 0 Å². The monoisotopic (exact) mass is 151 g/mol. The van der Waals surface area contributed by atoms with Gasteiger partial charge in [-0.05, 0) is 19.8 Å². The number of rotatable bonds is 2. The van der Waals surface area contributed by atoms with Gasteiger partial charge in [-0.3, -0.25) is 4.84 Å². The van der Waals surface area contributed by atoms with Crippen LogP contribution in [0.2, 0.25) is 0 Å². The van der Waals surface area contributed by atoms with Gasteiger partial charge < -0.3 is 0 Å². The van der Waals surface area contributed by atoms with Crippen molar-refractivity contribution >= 4 is 12.4 Å². The summed E-state index contributed by atoms with van der Waals surface area (Å²) in [5.41, 5.74) is 0. The molecule has 0 amide bonds. The third-order valence-corrected chi connectivity index (χ3v) is 1.38. The molecule has 9 heavy (non-hydrogen) atoms. The van der Waals surface area contributed by atoms with E-state index in [4.69, 9.17) is 4.84 Å². The Hall–Kier alpha value is 0.210. The van der Waals surface area contributed by atoms with Gasteiger partial charge >= 0.3 is 0 Å². The number of hydroxylamine groups is 2. The Morgan fingerprint density at radius 3 is 2.33 bits per heavy atom. The summed E-state index contributed by atoms with van der Waals surface area (Å²) in [6, 6.07) is 0. The predicted molar refractivity (Wildman–Crippen MR) is 39.7 cm³/mol. The van der Waals surface area contributed by atoms with Gasteiger partial charge in [-0.15, -0.1) is 12.4 Å². The average Bonchev–Trinajstić information content (AvgIpc) is 2.19. The zero-order chi connectivity index (χ0) is 5.82. The summed E-state index contributed by atoms with van der Waals surface area (Å²) in [4.78, 5) is 5.24. The standard InChI is InChI=1S/C6H13NO.ClH/c1-2-8-7-5-3-4-6-7;/h2-6H2,1H3;1H. The van der Waals surface area contributed by atoms with E-state index >= 15 is 0 Å². The summed E-state index contributed by atoms with van der Waals surface area (Å²) < 4.78 is 0. The molecule has 1 rings (SSSR count). The molecule has 0 bridgehead atoms. The first-order chi connectivity index (χ1) is 3.93. The van der Waals surface area contributed by atoms with Crippen LogP contribution in [0.15, 0.2) is 0 Å². The lowest BCUT2D eigenvalue weighted by Crippen LogP contribution is -2.19. The normalized spacial score (nSPS) is 19.7. The fourth-order valence-corrected chi connectivity index (χ4v) is 1.000. The second-order valence-corrected chi connectivity index (χ2v) is 2.05. The van der Waals surface area contributed by atoms with Gasteiger partial charge in [-0.2, -0.15) is 5.06 Å². The van der Waals surface area contributed by atoms with Crippen LogP contribution in [0, 0.1) is 0 Å². The van der Waals surface area contributed by atoms with Crippen molar-refractivity contribution in [3.05, 3.63) is 0 Å². The molecular formula is C6H14ClNO. The summed E-state index contributed by atoms with van der Waals surface area (Å²) in [6.07, 6.45) is 2.61. The Kier molecular flexibility index (Phi) is 5.15. The zero-order valence-corrected chi connectivity index (χ0v) is 6.62. The first-order valence-electron chi connectivity index (χ1n) is 3.31. The van der Waals surface area contributed by atoms with Crippen LogP contribution < -0.4 is 0 Å². The fourth-order valence-electron chi connectivity index (χ4n) is 1.000. The Bertz CT molecular complexity index is 64.1. The van der Waals surface area contributed by atoms with Crippen LogP contribution >= 0.6 is 12.4 Å². The smallest absolute Gasteiger partial charge is 0.0656 e. The molecule has 2 nitrogen and oxygen atoms in total. The third kappa shape index (κ3) is 3.04. The van der Waals surface area contributed by atoms with Crippen molar-refractivity contribution in [2.45, 2.75) is 19.8 Å². The lowest BCUT2D eigenvalue weighted by atomic mass is 10.4. The molecule has 0 atom stereocenters. The highest BCUT2D eigenvalue weighted by atomic mass is 35.5. The van der Waals surface area contributed by atoms with E-state index in [1.54, 1.807) is 0 Å². The Morgan fingerprint density at radius 2 is 1.89 bits per heavy atom. The van der Waals surface area contributed by atoms with Gasteiger partial charge in [0.05, 0.1) is 6.61 Å². The summed E-state index contributed by atoms with van der Waals surface area (Å²) in [6.45, 7) is 5.11. The molecule has 1 aliphatic rings. The second-order valence-electron chi connectivity index (χ2n) is 2.05. The molecule has 0 aromatic rings. The minimum Gasteiger partial charge on any atom is -0.299 e. The van der Waals surface area contributed by atoms with Gasteiger partial charge in [-0.1, -0.05) is 0 Å². The van der Waals surface area contributed by atoms with E-state index < -0.39 is 0 Å². The molecule has 1 saturated heterocycles. The number of nitrogens with zero attached hydrogens (tertiary/aromatic N) is 1. The summed E-state index contributed by atoms with van der Waals surface area (Å²) in [5.74, 6) is 0. The maximum atomic E-state index is 5.24. The highest BCUT2D eigenvalue weighted by Crippen LogP contribution is 2.06. The SMILES string of the molecule is CCON1CCCC1.Cl. The number of hydrogen-bond acceptors (Lipinski definition) is 2. The van der Waals surface area contributed by atoms with Crippen LogP contribution in [0.1, 0.15) is 19.8 Å². The molecule has 1 aliphatic heterocycles.